The van der Waals surface area contributed by atoms with Crippen LogP contribution in [0.5, 0.6) is 0 Å². The number of nitrogens with two attached hydrogens (primary N) is 1. The fourth-order valence-electron chi connectivity index (χ4n) is 4.60. The Morgan fingerprint density at radius 3 is 2.80 bits per heavy atom. The number of hydrogen-bond acceptors (Lipinski definition) is 4. The summed E-state index contributed by atoms with van der Waals surface area (Å²) < 4.78 is 30.0. The van der Waals surface area contributed by atoms with E-state index in [2.05, 4.69) is 9.88 Å². The van der Waals surface area contributed by atoms with Gasteiger partial charge in [0, 0.05) is 37.4 Å². The first kappa shape index (κ1) is 19.0. The number of fused-ring (bicyclic) bond motifs is 1. The van der Waals surface area contributed by atoms with Crippen molar-refractivity contribution in [2.75, 3.05) is 24.5 Å². The molecule has 30 heavy (non-hydrogen) atoms. The maximum Gasteiger partial charge on any atom is 0.272 e. The third-order valence-electron chi connectivity index (χ3n) is 6.12. The summed E-state index contributed by atoms with van der Waals surface area (Å²) in [6, 6.07) is 7.11. The predicted octanol–water partition coefficient (Wildman–Crippen LogP) is 3.13. The van der Waals surface area contributed by atoms with Crippen molar-refractivity contribution in [2.24, 2.45) is 5.73 Å². The Morgan fingerprint density at radius 2 is 2.00 bits per heavy atom. The number of anilines is 1. The lowest BCUT2D eigenvalue weighted by Crippen LogP contribution is -2.32. The van der Waals surface area contributed by atoms with Crippen LogP contribution in [0.25, 0.3) is 5.65 Å². The van der Waals surface area contributed by atoms with Crippen LogP contribution in [-0.4, -0.2) is 45.9 Å². The molecule has 2 aromatic heterocycles. The van der Waals surface area contributed by atoms with Crippen LogP contribution >= 0.6 is 0 Å². The van der Waals surface area contributed by atoms with Crippen molar-refractivity contribution in [2.45, 2.75) is 31.3 Å². The summed E-state index contributed by atoms with van der Waals surface area (Å²) in [6.07, 6.45) is 5.85. The molecule has 1 aromatic carbocycles. The number of nitrogens with zero attached hydrogens (tertiary/aromatic N) is 4. The molecule has 0 radical (unpaired) electrons. The topological polar surface area (TPSA) is 66.9 Å². The van der Waals surface area contributed by atoms with Crippen LogP contribution in [0, 0.1) is 11.6 Å². The van der Waals surface area contributed by atoms with Gasteiger partial charge in [-0.1, -0.05) is 0 Å². The van der Waals surface area contributed by atoms with Crippen molar-refractivity contribution >= 4 is 17.2 Å². The number of rotatable bonds is 3. The smallest absolute Gasteiger partial charge is 0.272 e. The number of likely N-dealkylation sites (tertiary alicyclic amines) is 1. The molecule has 4 heterocycles. The summed E-state index contributed by atoms with van der Waals surface area (Å²) in [6.45, 7) is 1.91. The van der Waals surface area contributed by atoms with E-state index in [1.54, 1.807) is 15.5 Å². The first-order chi connectivity index (χ1) is 14.5. The Kier molecular flexibility index (Phi) is 4.66. The van der Waals surface area contributed by atoms with Gasteiger partial charge in [0.15, 0.2) is 0 Å². The number of carbonyl (C=O) groups is 1. The van der Waals surface area contributed by atoms with Gasteiger partial charge in [0.25, 0.3) is 5.91 Å². The SMILES string of the molecule is N[C@H]1CCN(C(=O)c2cnc3ccc(N4CCC[C@@H]4c4cc(F)ccc4F)cn23)C1. The lowest BCUT2D eigenvalue weighted by Gasteiger charge is -2.27. The van der Waals surface area contributed by atoms with Gasteiger partial charge in [0.2, 0.25) is 0 Å². The van der Waals surface area contributed by atoms with Crippen LogP contribution in [0.15, 0.2) is 42.7 Å². The van der Waals surface area contributed by atoms with E-state index < -0.39 is 11.6 Å². The quantitative estimate of drug-likeness (QED) is 0.719. The van der Waals surface area contributed by atoms with Crippen LogP contribution in [0.2, 0.25) is 0 Å². The standard InChI is InChI=1S/C22H23F2N5O/c23-14-3-5-18(24)17(10-14)19-2-1-8-28(19)16-4-6-21-26-11-20(29(21)13-16)22(30)27-9-7-15(25)12-27/h3-6,10-11,13,15,19H,1-2,7-9,12,25H2/t15-,19+/m0/s1. The summed E-state index contributed by atoms with van der Waals surface area (Å²) in [5.74, 6) is -0.944. The molecule has 0 spiro atoms. The Balaban J connectivity index is 1.50. The second kappa shape index (κ2) is 7.36. The zero-order chi connectivity index (χ0) is 20.8. The molecule has 3 aromatic rings. The largest absolute Gasteiger partial charge is 0.363 e. The van der Waals surface area contributed by atoms with E-state index in [0.717, 1.165) is 37.6 Å². The molecule has 156 valence electrons. The number of halogens is 2. The zero-order valence-corrected chi connectivity index (χ0v) is 16.5. The van der Waals surface area contributed by atoms with Crippen molar-refractivity contribution in [3.63, 3.8) is 0 Å². The Morgan fingerprint density at radius 1 is 1.13 bits per heavy atom. The van der Waals surface area contributed by atoms with Gasteiger partial charge < -0.3 is 15.5 Å². The second-order valence-electron chi connectivity index (χ2n) is 8.08. The van der Waals surface area contributed by atoms with Gasteiger partial charge >= 0.3 is 0 Å². The Hall–Kier alpha value is -3.00. The lowest BCUT2D eigenvalue weighted by molar-refractivity contribution is 0.0784. The van der Waals surface area contributed by atoms with Gasteiger partial charge in [-0.25, -0.2) is 13.8 Å². The average Bonchev–Trinajstić information content (AvgIpc) is 3.47. The number of hydrogen-bond donors (Lipinski definition) is 1. The molecule has 2 aliphatic rings. The van der Waals surface area contributed by atoms with Crippen LogP contribution in [-0.2, 0) is 0 Å². The zero-order valence-electron chi connectivity index (χ0n) is 16.5. The number of imidazole rings is 1. The summed E-state index contributed by atoms with van der Waals surface area (Å²) in [5, 5.41) is 0. The van der Waals surface area contributed by atoms with E-state index in [1.165, 1.54) is 12.1 Å². The fraction of sp³-hybridized carbons (Fsp3) is 0.364. The van der Waals surface area contributed by atoms with E-state index in [4.69, 9.17) is 5.73 Å². The van der Waals surface area contributed by atoms with Crippen molar-refractivity contribution in [3.8, 4) is 0 Å². The summed E-state index contributed by atoms with van der Waals surface area (Å²) in [7, 11) is 0. The highest BCUT2D eigenvalue weighted by molar-refractivity contribution is 5.93. The van der Waals surface area contributed by atoms with Gasteiger partial charge in [-0.2, -0.15) is 0 Å². The summed E-state index contributed by atoms with van der Waals surface area (Å²) in [4.78, 5) is 21.1. The minimum Gasteiger partial charge on any atom is -0.363 e. The Bertz CT molecular complexity index is 1110. The number of amides is 1. The normalized spacial score (nSPS) is 21.7. The molecule has 2 aliphatic heterocycles. The van der Waals surface area contributed by atoms with E-state index in [0.29, 0.717) is 30.0 Å². The molecular weight excluding hydrogens is 388 g/mol. The van der Waals surface area contributed by atoms with E-state index in [9.17, 15) is 13.6 Å². The molecular formula is C22H23F2N5O. The van der Waals surface area contributed by atoms with Crippen molar-refractivity contribution in [3.05, 3.63) is 65.6 Å². The van der Waals surface area contributed by atoms with Crippen LogP contribution in [0.3, 0.4) is 0 Å². The van der Waals surface area contributed by atoms with Crippen LogP contribution in [0.4, 0.5) is 14.5 Å². The maximum absolute atomic E-state index is 14.4. The molecule has 2 saturated heterocycles. The van der Waals surface area contributed by atoms with Crippen molar-refractivity contribution in [1.82, 2.24) is 14.3 Å². The monoisotopic (exact) mass is 411 g/mol. The van der Waals surface area contributed by atoms with E-state index >= 15 is 0 Å². The van der Waals surface area contributed by atoms with Gasteiger partial charge in [-0.3, -0.25) is 9.20 Å². The number of pyridine rings is 1. The van der Waals surface area contributed by atoms with Crippen LogP contribution < -0.4 is 10.6 Å². The van der Waals surface area contributed by atoms with Crippen molar-refractivity contribution < 1.29 is 13.6 Å². The minimum atomic E-state index is -0.444. The number of aromatic nitrogens is 2. The van der Waals surface area contributed by atoms with Gasteiger partial charge in [-0.15, -0.1) is 0 Å². The third kappa shape index (κ3) is 3.21. The molecule has 8 heteroatoms. The van der Waals surface area contributed by atoms with Crippen molar-refractivity contribution in [1.29, 1.82) is 0 Å². The number of carbonyl (C=O) groups excluding carboxylic acids is 1. The summed E-state index contributed by atoms with van der Waals surface area (Å²) >= 11 is 0. The average molecular weight is 411 g/mol. The molecule has 2 N–H and O–H groups in total. The molecule has 0 unspecified atom stereocenters. The van der Waals surface area contributed by atoms with E-state index in [-0.39, 0.29) is 18.0 Å². The fourth-order valence-corrected chi connectivity index (χ4v) is 4.60. The highest BCUT2D eigenvalue weighted by Gasteiger charge is 2.30. The molecule has 0 aliphatic carbocycles. The van der Waals surface area contributed by atoms with Gasteiger partial charge in [-0.05, 0) is 49.6 Å². The minimum absolute atomic E-state index is 0.00946. The molecule has 1 amide bonds. The predicted molar refractivity (Wildman–Crippen MR) is 109 cm³/mol. The lowest BCUT2D eigenvalue weighted by atomic mass is 10.0. The maximum atomic E-state index is 14.4. The molecule has 6 nitrogen and oxygen atoms in total. The first-order valence-corrected chi connectivity index (χ1v) is 10.2. The van der Waals surface area contributed by atoms with Crippen LogP contribution in [0.1, 0.15) is 41.4 Å². The summed E-state index contributed by atoms with van der Waals surface area (Å²) in [5.41, 5.74) is 8.30. The second-order valence-corrected chi connectivity index (χ2v) is 8.08. The first-order valence-electron chi connectivity index (χ1n) is 10.2. The highest BCUT2D eigenvalue weighted by Crippen LogP contribution is 2.37. The molecule has 0 saturated carbocycles. The third-order valence-corrected chi connectivity index (χ3v) is 6.12. The molecule has 2 fully saturated rings. The highest BCUT2D eigenvalue weighted by atomic mass is 19.1. The Labute approximate surface area is 172 Å². The molecule has 0 bridgehead atoms. The number of benzene rings is 1. The van der Waals surface area contributed by atoms with Gasteiger partial charge in [0.05, 0.1) is 17.9 Å². The molecule has 5 rings (SSSR count). The van der Waals surface area contributed by atoms with Gasteiger partial charge in [0.1, 0.15) is 23.0 Å². The molecule has 2 atom stereocenters. The van der Waals surface area contributed by atoms with E-state index in [1.807, 2.05) is 18.3 Å².